The van der Waals surface area contributed by atoms with Gasteiger partial charge in [-0.1, -0.05) is 36.6 Å². The van der Waals surface area contributed by atoms with Gasteiger partial charge in [0.2, 0.25) is 0 Å². The van der Waals surface area contributed by atoms with Gasteiger partial charge in [0.1, 0.15) is 0 Å². The van der Waals surface area contributed by atoms with Gasteiger partial charge in [-0.15, -0.1) is 0 Å². The van der Waals surface area contributed by atoms with Crippen LogP contribution in [0.4, 0.5) is 0 Å². The molecule has 112 valence electrons. The second-order valence-electron chi connectivity index (χ2n) is 5.95. The average Bonchev–Trinajstić information content (AvgIpc) is 3.12. The third-order valence-corrected chi connectivity index (χ3v) is 4.75. The van der Waals surface area contributed by atoms with E-state index >= 15 is 0 Å². The van der Waals surface area contributed by atoms with Crippen molar-refractivity contribution in [3.8, 4) is 0 Å². The lowest BCUT2D eigenvalue weighted by Crippen LogP contribution is -2.07. The topological polar surface area (TPSA) is 38.0 Å². The number of aryl methyl sites for hydroxylation is 1. The smallest absolute Gasteiger partial charge is 0.0846 e. The molecule has 0 bridgehead atoms. The number of hydrogen-bond acceptors (Lipinski definition) is 2. The van der Waals surface area contributed by atoms with Crippen molar-refractivity contribution in [3.63, 3.8) is 0 Å². The first-order chi connectivity index (χ1) is 10.1. The number of aromatic nitrogens is 2. The van der Waals surface area contributed by atoms with Crippen LogP contribution in [0.25, 0.3) is 0 Å². The number of halogens is 1. The fourth-order valence-electron chi connectivity index (χ4n) is 2.99. The van der Waals surface area contributed by atoms with Gasteiger partial charge >= 0.3 is 0 Å². The molecule has 0 spiro atoms. The van der Waals surface area contributed by atoms with Crippen LogP contribution in [0.1, 0.15) is 54.6 Å². The van der Waals surface area contributed by atoms with Crippen molar-refractivity contribution < 1.29 is 5.11 Å². The molecule has 3 nitrogen and oxygen atoms in total. The fourth-order valence-corrected chi connectivity index (χ4v) is 3.18. The van der Waals surface area contributed by atoms with Crippen molar-refractivity contribution in [2.24, 2.45) is 0 Å². The van der Waals surface area contributed by atoms with Crippen molar-refractivity contribution in [3.05, 3.63) is 52.3 Å². The average molecular weight is 305 g/mol. The summed E-state index contributed by atoms with van der Waals surface area (Å²) in [7, 11) is 0. The Hall–Kier alpha value is -1.32. The fraction of sp³-hybridized carbons (Fsp3) is 0.471. The Kier molecular flexibility index (Phi) is 4.32. The van der Waals surface area contributed by atoms with Gasteiger partial charge in [-0.25, -0.2) is 0 Å². The molecule has 0 aliphatic heterocycles. The van der Waals surface area contributed by atoms with Crippen molar-refractivity contribution in [1.82, 2.24) is 9.78 Å². The van der Waals surface area contributed by atoms with Crippen LogP contribution in [-0.4, -0.2) is 14.9 Å². The minimum absolute atomic E-state index is 0.527. The van der Waals surface area contributed by atoms with Crippen LogP contribution < -0.4 is 0 Å². The van der Waals surface area contributed by atoms with E-state index in [4.69, 9.17) is 11.6 Å². The number of rotatable bonds is 4. The molecule has 4 heteroatoms. The molecule has 1 N–H and O–H groups in total. The van der Waals surface area contributed by atoms with Crippen LogP contribution in [-0.2, 0) is 6.42 Å². The highest BCUT2D eigenvalue weighted by atomic mass is 35.5. The molecule has 1 fully saturated rings. The standard InChI is InChI=1S/C17H21ClN2O/c1-12-6-7-13(10-16(12)18)17(21)11-14-8-9-20(19-14)15-4-2-3-5-15/h6-10,15,17,21H,2-5,11H2,1H3. The van der Waals surface area contributed by atoms with E-state index in [0.29, 0.717) is 17.5 Å². The predicted octanol–water partition coefficient (Wildman–Crippen LogP) is 4.24. The molecule has 0 amide bonds. The van der Waals surface area contributed by atoms with E-state index < -0.39 is 6.10 Å². The largest absolute Gasteiger partial charge is 0.388 e. The zero-order valence-electron chi connectivity index (χ0n) is 12.3. The van der Waals surface area contributed by atoms with Gasteiger partial charge < -0.3 is 5.11 Å². The molecule has 0 saturated heterocycles. The lowest BCUT2D eigenvalue weighted by Gasteiger charge is -2.12. The zero-order chi connectivity index (χ0) is 14.8. The van der Waals surface area contributed by atoms with E-state index in [0.717, 1.165) is 16.8 Å². The SMILES string of the molecule is Cc1ccc(C(O)Cc2ccn(C3CCCC3)n2)cc1Cl. The number of aliphatic hydroxyl groups excluding tert-OH is 1. The maximum Gasteiger partial charge on any atom is 0.0846 e. The first-order valence-electron chi connectivity index (χ1n) is 7.61. The van der Waals surface area contributed by atoms with Crippen molar-refractivity contribution >= 4 is 11.6 Å². The lowest BCUT2D eigenvalue weighted by atomic mass is 10.0. The van der Waals surface area contributed by atoms with Crippen LogP contribution in [0, 0.1) is 6.92 Å². The molecule has 1 unspecified atom stereocenters. The Labute approximate surface area is 130 Å². The van der Waals surface area contributed by atoms with Gasteiger partial charge in [0.25, 0.3) is 0 Å². The summed E-state index contributed by atoms with van der Waals surface area (Å²) in [4.78, 5) is 0. The molecule has 21 heavy (non-hydrogen) atoms. The molecule has 0 radical (unpaired) electrons. The molecule has 1 heterocycles. The highest BCUT2D eigenvalue weighted by molar-refractivity contribution is 6.31. The Morgan fingerprint density at radius 3 is 2.81 bits per heavy atom. The number of hydrogen-bond donors (Lipinski definition) is 1. The number of benzene rings is 1. The van der Waals surface area contributed by atoms with E-state index in [1.54, 1.807) is 0 Å². The van der Waals surface area contributed by atoms with Crippen LogP contribution >= 0.6 is 11.6 Å². The molecule has 1 aliphatic rings. The minimum Gasteiger partial charge on any atom is -0.388 e. The molecular weight excluding hydrogens is 284 g/mol. The summed E-state index contributed by atoms with van der Waals surface area (Å²) < 4.78 is 2.07. The Morgan fingerprint density at radius 1 is 1.33 bits per heavy atom. The van der Waals surface area contributed by atoms with Gasteiger partial charge in [-0.2, -0.15) is 5.10 Å². The number of nitrogens with zero attached hydrogens (tertiary/aromatic N) is 2. The van der Waals surface area contributed by atoms with Crippen LogP contribution in [0.15, 0.2) is 30.5 Å². The van der Waals surface area contributed by atoms with Gasteiger partial charge in [-0.05, 0) is 43.0 Å². The molecule has 1 saturated carbocycles. The highest BCUT2D eigenvalue weighted by Crippen LogP contribution is 2.29. The van der Waals surface area contributed by atoms with E-state index in [1.807, 2.05) is 37.4 Å². The maximum absolute atomic E-state index is 10.4. The molecular formula is C17H21ClN2O. The summed E-state index contributed by atoms with van der Waals surface area (Å²) in [6.45, 7) is 1.96. The van der Waals surface area contributed by atoms with Crippen molar-refractivity contribution in [1.29, 1.82) is 0 Å². The predicted molar refractivity (Wildman–Crippen MR) is 84.6 cm³/mol. The summed E-state index contributed by atoms with van der Waals surface area (Å²) in [5.74, 6) is 0. The lowest BCUT2D eigenvalue weighted by molar-refractivity contribution is 0.177. The Balaban J connectivity index is 1.69. The minimum atomic E-state index is -0.560. The molecule has 1 aromatic carbocycles. The maximum atomic E-state index is 10.4. The third kappa shape index (κ3) is 3.30. The Bertz CT molecular complexity index is 617. The van der Waals surface area contributed by atoms with Crippen LogP contribution in [0.5, 0.6) is 0 Å². The molecule has 3 rings (SSSR count). The zero-order valence-corrected chi connectivity index (χ0v) is 13.1. The van der Waals surface area contributed by atoms with E-state index in [-0.39, 0.29) is 0 Å². The van der Waals surface area contributed by atoms with Gasteiger partial charge in [-0.3, -0.25) is 4.68 Å². The van der Waals surface area contributed by atoms with Gasteiger partial charge in [0, 0.05) is 17.6 Å². The van der Waals surface area contributed by atoms with Gasteiger partial charge in [0.15, 0.2) is 0 Å². The summed E-state index contributed by atoms with van der Waals surface area (Å²) >= 11 is 6.12. The number of aliphatic hydroxyl groups is 1. The van der Waals surface area contributed by atoms with Crippen molar-refractivity contribution in [2.75, 3.05) is 0 Å². The summed E-state index contributed by atoms with van der Waals surface area (Å²) in [6, 6.07) is 8.27. The Morgan fingerprint density at radius 2 is 2.10 bits per heavy atom. The van der Waals surface area contributed by atoms with Crippen molar-refractivity contribution in [2.45, 2.75) is 51.2 Å². The molecule has 1 aromatic heterocycles. The molecule has 2 aromatic rings. The van der Waals surface area contributed by atoms with E-state index in [2.05, 4.69) is 9.78 Å². The summed E-state index contributed by atoms with van der Waals surface area (Å²) in [6.07, 6.45) is 7.04. The highest BCUT2D eigenvalue weighted by Gasteiger charge is 2.18. The first kappa shape index (κ1) is 14.6. The molecule has 1 atom stereocenters. The third-order valence-electron chi connectivity index (χ3n) is 4.35. The van der Waals surface area contributed by atoms with E-state index in [9.17, 15) is 5.11 Å². The summed E-state index contributed by atoms with van der Waals surface area (Å²) in [5, 5.41) is 15.7. The molecule has 1 aliphatic carbocycles. The van der Waals surface area contributed by atoms with Crippen LogP contribution in [0.2, 0.25) is 5.02 Å². The second-order valence-corrected chi connectivity index (χ2v) is 6.36. The quantitative estimate of drug-likeness (QED) is 0.917. The van der Waals surface area contributed by atoms with E-state index in [1.165, 1.54) is 25.7 Å². The normalized spacial score (nSPS) is 17.3. The van der Waals surface area contributed by atoms with Crippen LogP contribution in [0.3, 0.4) is 0 Å². The first-order valence-corrected chi connectivity index (χ1v) is 7.99. The summed E-state index contributed by atoms with van der Waals surface area (Å²) in [5.41, 5.74) is 2.81. The monoisotopic (exact) mass is 304 g/mol. The second kappa shape index (κ2) is 6.20. The van der Waals surface area contributed by atoms with Gasteiger partial charge in [0.05, 0.1) is 17.8 Å².